The molecule has 0 radical (unpaired) electrons. The van der Waals surface area contributed by atoms with Gasteiger partial charge in [0.05, 0.1) is 78.1 Å². The second kappa shape index (κ2) is 26.0. The van der Waals surface area contributed by atoms with Crippen LogP contribution in [0, 0.1) is 0 Å². The SMILES string of the molecule is [2H]c1c([2H])c([2H])c(-c2ccc3c(c2)N(c2cc(-c4ccccc4)cc(-c4ccccc4)c2)c2cc(-n4c5ccc(C(C)(C)C)cc5c5cc(C(C)(C)C)ccc54)cc4c2C3c2ccc(-c3cc(C(C)(C)C)cc(C(C)(C)C)c3)cc2N4c2cccc3c2sc2c(-n4c5ccc(C(C)(C)C)cc5c5cc(C(C)(C)C)ccc54)cccc23)c([2H])c1[2H]. The van der Waals surface area contributed by atoms with Crippen LogP contribution >= 0.6 is 11.3 Å². The van der Waals surface area contributed by atoms with E-state index in [-0.39, 0.29) is 62.2 Å². The molecule has 1 atom stereocenters. The maximum atomic E-state index is 9.69. The number of benzene rings is 14. The molecule has 14 aromatic carbocycles. The lowest BCUT2D eigenvalue weighted by Gasteiger charge is -2.46. The van der Waals surface area contributed by atoms with Gasteiger partial charge in [-0.1, -0.05) is 306 Å². The molecule has 0 N–H and O–H groups in total. The lowest BCUT2D eigenvalue weighted by Crippen LogP contribution is -2.29. The van der Waals surface area contributed by atoms with Crippen LogP contribution in [0.2, 0.25) is 0 Å². The minimum absolute atomic E-state index is 0.0671. The normalized spacial score (nSPS) is 14.7. The van der Waals surface area contributed by atoms with Gasteiger partial charge in [0, 0.05) is 49.5 Å². The van der Waals surface area contributed by atoms with Gasteiger partial charge in [-0.25, -0.2) is 0 Å². The molecule has 1 unspecified atom stereocenters. The van der Waals surface area contributed by atoms with Crippen molar-refractivity contribution in [3.05, 3.63) is 335 Å². The molecule has 2 aliphatic heterocycles. The third kappa shape index (κ3) is 12.1. The van der Waals surface area contributed by atoms with Crippen molar-refractivity contribution in [2.75, 3.05) is 9.80 Å². The molecule has 4 nitrogen and oxygen atoms in total. The molecular weight excluding hydrogens is 1400 g/mol. The number of nitrogens with zero attached hydrogens (tertiary/aromatic N) is 4. The summed E-state index contributed by atoms with van der Waals surface area (Å²) in [5.41, 5.74) is 29.5. The summed E-state index contributed by atoms with van der Waals surface area (Å²) in [6.45, 7) is 41.6. The van der Waals surface area contributed by atoms with Gasteiger partial charge in [-0.3, -0.25) is 0 Å². The first-order valence-corrected chi connectivity index (χ1v) is 41.4. The van der Waals surface area contributed by atoms with Crippen LogP contribution in [0.5, 0.6) is 0 Å². The van der Waals surface area contributed by atoms with Crippen LogP contribution in [0.4, 0.5) is 34.1 Å². The fourth-order valence-corrected chi connectivity index (χ4v) is 19.3. The van der Waals surface area contributed by atoms with Crippen LogP contribution in [0.25, 0.3) is 120 Å². The van der Waals surface area contributed by atoms with E-state index in [0.29, 0.717) is 5.56 Å². The molecule has 19 rings (SSSR count). The van der Waals surface area contributed by atoms with Gasteiger partial charge in [-0.15, -0.1) is 11.3 Å². The van der Waals surface area contributed by atoms with Crippen LogP contribution in [0.1, 0.15) is 187 Å². The second-order valence-corrected chi connectivity index (χ2v) is 39.4. The highest BCUT2D eigenvalue weighted by atomic mass is 32.1. The topological polar surface area (TPSA) is 16.3 Å². The first-order chi connectivity index (χ1) is 56.4. The average Bonchev–Trinajstić information content (AvgIpc) is 1.16. The number of hydrogen-bond donors (Lipinski definition) is 0. The predicted octanol–water partition coefficient (Wildman–Crippen LogP) is 31.4. The molecule has 3 aromatic heterocycles. The Kier molecular flexibility index (Phi) is 15.3. The van der Waals surface area contributed by atoms with Gasteiger partial charge in [0.25, 0.3) is 0 Å². The van der Waals surface area contributed by atoms with Crippen LogP contribution in [0.15, 0.2) is 285 Å². The summed E-state index contributed by atoms with van der Waals surface area (Å²) in [5, 5.41) is 7.19. The van der Waals surface area contributed by atoms with Crippen molar-refractivity contribution in [1.29, 1.82) is 0 Å². The van der Waals surface area contributed by atoms with Crippen molar-refractivity contribution in [3.8, 4) is 55.9 Å². The van der Waals surface area contributed by atoms with Gasteiger partial charge in [0.15, 0.2) is 0 Å². The second-order valence-electron chi connectivity index (χ2n) is 38.4. The molecule has 0 aliphatic carbocycles. The fraction of sp³-hybridized carbons (Fsp3) is 0.229. The third-order valence-electron chi connectivity index (χ3n) is 24.5. The maximum Gasteiger partial charge on any atom is 0.0640 e. The molecule has 0 spiro atoms. The van der Waals surface area contributed by atoms with E-state index < -0.39 is 12.0 Å². The molecular formula is C109H102N4S. The van der Waals surface area contributed by atoms with E-state index in [0.717, 1.165) is 117 Å². The average molecular weight is 1510 g/mol. The molecule has 0 saturated heterocycles. The summed E-state index contributed by atoms with van der Waals surface area (Å²) in [6, 6.07) is 94.8. The van der Waals surface area contributed by atoms with Crippen LogP contribution < -0.4 is 9.80 Å². The number of anilines is 6. The first-order valence-electron chi connectivity index (χ1n) is 43.1. The van der Waals surface area contributed by atoms with Crippen molar-refractivity contribution < 1.29 is 6.85 Å². The maximum absolute atomic E-state index is 9.69. The molecule has 0 amide bonds. The number of hydrogen-bond acceptors (Lipinski definition) is 3. The van der Waals surface area contributed by atoms with E-state index in [4.69, 9.17) is 1.37 Å². The Balaban J connectivity index is 0.979. The predicted molar refractivity (Wildman–Crippen MR) is 492 cm³/mol. The molecule has 2 aliphatic rings. The molecule has 5 heterocycles. The van der Waals surface area contributed by atoms with E-state index in [1.807, 2.05) is 17.4 Å². The van der Waals surface area contributed by atoms with Gasteiger partial charge in [-0.05, 0) is 225 Å². The Morgan fingerprint density at radius 3 is 1.10 bits per heavy atom. The van der Waals surface area contributed by atoms with Crippen LogP contribution in [0.3, 0.4) is 0 Å². The van der Waals surface area contributed by atoms with Crippen LogP contribution in [-0.2, 0) is 32.5 Å². The lowest BCUT2D eigenvalue weighted by molar-refractivity contribution is 0.569. The molecule has 17 aromatic rings. The van der Waals surface area contributed by atoms with Crippen LogP contribution in [-0.4, -0.2) is 9.13 Å². The van der Waals surface area contributed by atoms with E-state index >= 15 is 0 Å². The highest BCUT2D eigenvalue weighted by Gasteiger charge is 2.43. The lowest BCUT2D eigenvalue weighted by atomic mass is 9.74. The summed E-state index contributed by atoms with van der Waals surface area (Å²) in [6.07, 6.45) is 0. The number of aromatic nitrogens is 2. The van der Waals surface area contributed by atoms with Crippen molar-refractivity contribution in [3.63, 3.8) is 0 Å². The molecule has 0 bridgehead atoms. The van der Waals surface area contributed by atoms with Gasteiger partial charge in [0.1, 0.15) is 0 Å². The Hall–Kier alpha value is -11.5. The Morgan fingerprint density at radius 1 is 0.254 bits per heavy atom. The van der Waals surface area contributed by atoms with Gasteiger partial charge in [0.2, 0.25) is 0 Å². The monoisotopic (exact) mass is 1500 g/mol. The minimum Gasteiger partial charge on any atom is -0.310 e. The van der Waals surface area contributed by atoms with E-state index in [2.05, 4.69) is 392 Å². The van der Waals surface area contributed by atoms with E-state index in [1.165, 1.54) is 76.0 Å². The van der Waals surface area contributed by atoms with Crippen molar-refractivity contribution in [2.24, 2.45) is 0 Å². The Bertz CT molecular complexity index is 6850. The summed E-state index contributed by atoms with van der Waals surface area (Å²) in [4.78, 5) is 5.09. The van der Waals surface area contributed by atoms with Gasteiger partial charge < -0.3 is 18.9 Å². The zero-order chi connectivity index (χ0) is 83.5. The van der Waals surface area contributed by atoms with Gasteiger partial charge in [-0.2, -0.15) is 0 Å². The number of fused-ring (bicyclic) bond motifs is 13. The minimum atomic E-state index is -0.431. The zero-order valence-electron chi connectivity index (χ0n) is 74.0. The smallest absolute Gasteiger partial charge is 0.0640 e. The Morgan fingerprint density at radius 2 is 0.649 bits per heavy atom. The fourth-order valence-electron chi connectivity index (χ4n) is 18.0. The number of thiophene rings is 1. The molecule has 0 saturated carbocycles. The standard InChI is InChI=1S/C109H102N4S/c1-104(2,3)74-42-48-90-86(60-74)87-61-75(105(4,5)6)43-49-91(87)110(90)81-64-98-101-99(65-81)113(95-39-29-37-83-82-36-28-38-94(102(82)114-103(83)95)112-92-50-44-76(106(7,8)9)62-88(92)89-63-77(107(10,11)12)45-51-93(89)112)97-58-70(73-53-78(108(13,14)15)59-79(54-73)109(16,17)18)41-47-85(97)100(101)84-46-40-69(66-30-22-19-23-31-66)57-96(84)111(98)80-55-71(67-32-24-20-25-33-67)52-72(56-80)68-34-26-21-27-35-68/h19-65,100H,1-18H3/i19D,22D,23D,30D,31D. The summed E-state index contributed by atoms with van der Waals surface area (Å²) >= 11 is 1.88. The quantitative estimate of drug-likeness (QED) is 0.151. The Labute approximate surface area is 684 Å². The highest BCUT2D eigenvalue weighted by Crippen LogP contribution is 2.64. The first kappa shape index (κ1) is 67.0. The molecule has 5 heteroatoms. The summed E-state index contributed by atoms with van der Waals surface area (Å²) in [5.74, 6) is -0.422. The third-order valence-corrected chi connectivity index (χ3v) is 25.7. The zero-order valence-corrected chi connectivity index (χ0v) is 69.8. The van der Waals surface area contributed by atoms with Crippen molar-refractivity contribution >= 4 is 109 Å². The van der Waals surface area contributed by atoms with E-state index in [1.54, 1.807) is 0 Å². The summed E-state index contributed by atoms with van der Waals surface area (Å²) in [7, 11) is 0. The summed E-state index contributed by atoms with van der Waals surface area (Å²) < 4.78 is 54.0. The molecule has 564 valence electrons. The van der Waals surface area contributed by atoms with Crippen molar-refractivity contribution in [1.82, 2.24) is 9.13 Å². The molecule has 114 heavy (non-hydrogen) atoms. The van der Waals surface area contributed by atoms with E-state index in [9.17, 15) is 5.48 Å². The number of rotatable bonds is 8. The highest BCUT2D eigenvalue weighted by molar-refractivity contribution is 7.26. The largest absolute Gasteiger partial charge is 0.310 e. The van der Waals surface area contributed by atoms with Gasteiger partial charge >= 0.3 is 0 Å². The molecule has 0 fully saturated rings. The van der Waals surface area contributed by atoms with Crippen molar-refractivity contribution in [2.45, 2.75) is 163 Å².